The lowest BCUT2D eigenvalue weighted by Crippen LogP contribution is -2.27. The summed E-state index contributed by atoms with van der Waals surface area (Å²) in [6, 6.07) is 1.86. The molecule has 0 saturated carbocycles. The number of hydrogen-bond donors (Lipinski definition) is 2. The third-order valence-electron chi connectivity index (χ3n) is 2.60. The van der Waals surface area contributed by atoms with Gasteiger partial charge in [-0.2, -0.15) is 0 Å². The van der Waals surface area contributed by atoms with Gasteiger partial charge in [-0.15, -0.1) is 0 Å². The van der Waals surface area contributed by atoms with Crippen LogP contribution in [0.5, 0.6) is 0 Å². The molecular weight excluding hydrogens is 260 g/mol. The monoisotopic (exact) mass is 284 g/mol. The first kappa shape index (κ1) is 16.6. The van der Waals surface area contributed by atoms with Crippen molar-refractivity contribution in [2.75, 3.05) is 51.7 Å². The summed E-state index contributed by atoms with van der Waals surface area (Å²) in [5, 5.41) is 6.40. The Morgan fingerprint density at radius 3 is 2.35 bits per heavy atom. The Labute approximate surface area is 120 Å². The predicted molar refractivity (Wildman–Crippen MR) is 78.1 cm³/mol. The van der Waals surface area contributed by atoms with Crippen LogP contribution in [0.25, 0.3) is 0 Å². The quantitative estimate of drug-likeness (QED) is 0.667. The maximum absolute atomic E-state index is 5.30. The van der Waals surface area contributed by atoms with Gasteiger partial charge in [-0.3, -0.25) is 0 Å². The Bertz CT molecular complexity index is 366. The summed E-state index contributed by atoms with van der Waals surface area (Å²) < 4.78 is 15.5. The van der Waals surface area contributed by atoms with Gasteiger partial charge in [0.05, 0.1) is 12.7 Å². The summed E-state index contributed by atoms with van der Waals surface area (Å²) in [7, 11) is 4.93. The Morgan fingerprint density at radius 2 is 1.80 bits per heavy atom. The minimum absolute atomic E-state index is 0.0246. The highest BCUT2D eigenvalue weighted by molar-refractivity contribution is 5.47. The highest BCUT2D eigenvalue weighted by atomic mass is 16.5. The molecule has 1 heterocycles. The van der Waals surface area contributed by atoms with Gasteiger partial charge >= 0.3 is 0 Å². The van der Waals surface area contributed by atoms with Gasteiger partial charge < -0.3 is 24.8 Å². The first-order chi connectivity index (χ1) is 9.73. The van der Waals surface area contributed by atoms with E-state index in [1.165, 1.54) is 0 Å². The predicted octanol–water partition coefficient (Wildman–Crippen LogP) is 1.13. The van der Waals surface area contributed by atoms with Crippen molar-refractivity contribution in [1.82, 2.24) is 9.97 Å². The Hall–Kier alpha value is -1.44. The maximum atomic E-state index is 5.30. The van der Waals surface area contributed by atoms with E-state index < -0.39 is 0 Å². The van der Waals surface area contributed by atoms with E-state index in [1.807, 2.05) is 13.0 Å². The van der Waals surface area contributed by atoms with Crippen LogP contribution in [0.1, 0.15) is 12.7 Å². The maximum Gasteiger partial charge on any atom is 0.158 e. The van der Waals surface area contributed by atoms with Crippen molar-refractivity contribution in [2.24, 2.45) is 0 Å². The zero-order valence-electron chi connectivity index (χ0n) is 12.6. The van der Waals surface area contributed by atoms with E-state index in [0.29, 0.717) is 25.6 Å². The van der Waals surface area contributed by atoms with Gasteiger partial charge in [0.15, 0.2) is 5.82 Å². The molecule has 0 saturated heterocycles. The number of hydrogen-bond acceptors (Lipinski definition) is 7. The summed E-state index contributed by atoms with van der Waals surface area (Å²) in [6.45, 7) is 4.33. The first-order valence-corrected chi connectivity index (χ1v) is 6.59. The third kappa shape index (κ3) is 5.68. The number of methoxy groups -OCH3 is 3. The van der Waals surface area contributed by atoms with Crippen molar-refractivity contribution >= 4 is 11.6 Å². The molecule has 0 aliphatic rings. The first-order valence-electron chi connectivity index (χ1n) is 6.59. The van der Waals surface area contributed by atoms with Gasteiger partial charge in [-0.25, -0.2) is 9.97 Å². The van der Waals surface area contributed by atoms with Crippen LogP contribution in [0.3, 0.4) is 0 Å². The second kappa shape index (κ2) is 9.46. The number of aromatic nitrogens is 2. The summed E-state index contributed by atoms with van der Waals surface area (Å²) in [5.74, 6) is 2.15. The summed E-state index contributed by atoms with van der Waals surface area (Å²) in [4.78, 5) is 8.74. The molecule has 114 valence electrons. The van der Waals surface area contributed by atoms with E-state index in [9.17, 15) is 0 Å². The van der Waals surface area contributed by atoms with E-state index in [4.69, 9.17) is 14.2 Å². The van der Waals surface area contributed by atoms with Gasteiger partial charge in [-0.1, -0.05) is 0 Å². The van der Waals surface area contributed by atoms with Crippen molar-refractivity contribution in [2.45, 2.75) is 19.6 Å². The Kier molecular flexibility index (Phi) is 7.86. The number of rotatable bonds is 10. The smallest absolute Gasteiger partial charge is 0.158 e. The minimum Gasteiger partial charge on any atom is -0.382 e. The van der Waals surface area contributed by atoms with Crippen molar-refractivity contribution in [1.29, 1.82) is 0 Å². The molecule has 2 N–H and O–H groups in total. The number of nitrogens with one attached hydrogen (secondary N) is 2. The standard InChI is InChI=1S/C13H24N4O3/c1-5-14-11-6-12(17-13(16-11)9-19-3)15-7-10(20-4)8-18-2/h6,10H,5,7-9H2,1-4H3,(H2,14,15,16,17). The molecule has 0 bridgehead atoms. The molecule has 0 spiro atoms. The van der Waals surface area contributed by atoms with Gasteiger partial charge in [0, 0.05) is 40.5 Å². The lowest BCUT2D eigenvalue weighted by molar-refractivity contribution is 0.0365. The van der Waals surface area contributed by atoms with Crippen LogP contribution in [-0.2, 0) is 20.8 Å². The van der Waals surface area contributed by atoms with Crippen LogP contribution in [0.2, 0.25) is 0 Å². The molecule has 1 aromatic rings. The highest BCUT2D eigenvalue weighted by Gasteiger charge is 2.09. The summed E-state index contributed by atoms with van der Waals surface area (Å²) >= 11 is 0. The largest absolute Gasteiger partial charge is 0.382 e. The number of anilines is 2. The lowest BCUT2D eigenvalue weighted by atomic mass is 10.3. The topological polar surface area (TPSA) is 77.5 Å². The zero-order valence-corrected chi connectivity index (χ0v) is 12.6. The molecule has 1 rings (SSSR count). The highest BCUT2D eigenvalue weighted by Crippen LogP contribution is 2.12. The fraction of sp³-hybridized carbons (Fsp3) is 0.692. The number of ether oxygens (including phenoxy) is 3. The summed E-state index contributed by atoms with van der Waals surface area (Å²) in [5.41, 5.74) is 0. The van der Waals surface area contributed by atoms with E-state index in [-0.39, 0.29) is 6.10 Å². The van der Waals surface area contributed by atoms with E-state index in [1.54, 1.807) is 21.3 Å². The fourth-order valence-corrected chi connectivity index (χ4v) is 1.67. The van der Waals surface area contributed by atoms with E-state index >= 15 is 0 Å². The van der Waals surface area contributed by atoms with Crippen LogP contribution < -0.4 is 10.6 Å². The van der Waals surface area contributed by atoms with Gasteiger partial charge in [0.25, 0.3) is 0 Å². The van der Waals surface area contributed by atoms with Crippen LogP contribution in [0, 0.1) is 0 Å². The minimum atomic E-state index is -0.0246. The van der Waals surface area contributed by atoms with Crippen molar-refractivity contribution in [3.63, 3.8) is 0 Å². The molecule has 1 aromatic heterocycles. The SMILES string of the molecule is CCNc1cc(NCC(COC)OC)nc(COC)n1. The molecule has 1 atom stereocenters. The second-order valence-electron chi connectivity index (χ2n) is 4.21. The molecule has 0 amide bonds. The normalized spacial score (nSPS) is 12.2. The molecule has 0 radical (unpaired) electrons. The van der Waals surface area contributed by atoms with Crippen molar-refractivity contribution < 1.29 is 14.2 Å². The van der Waals surface area contributed by atoms with Crippen LogP contribution in [0.4, 0.5) is 11.6 Å². The molecule has 0 aromatic carbocycles. The lowest BCUT2D eigenvalue weighted by Gasteiger charge is -2.16. The fourth-order valence-electron chi connectivity index (χ4n) is 1.67. The molecule has 0 aliphatic heterocycles. The third-order valence-corrected chi connectivity index (χ3v) is 2.60. The molecule has 0 fully saturated rings. The van der Waals surface area contributed by atoms with Gasteiger partial charge in [0.2, 0.25) is 0 Å². The second-order valence-corrected chi connectivity index (χ2v) is 4.21. The molecule has 1 unspecified atom stereocenters. The Morgan fingerprint density at radius 1 is 1.10 bits per heavy atom. The average molecular weight is 284 g/mol. The van der Waals surface area contributed by atoms with Crippen LogP contribution in [-0.4, -0.2) is 57.1 Å². The molecule has 0 aliphatic carbocycles. The molecule has 7 heteroatoms. The summed E-state index contributed by atoms with van der Waals surface area (Å²) in [6.07, 6.45) is -0.0246. The van der Waals surface area contributed by atoms with Crippen molar-refractivity contribution in [3.8, 4) is 0 Å². The van der Waals surface area contributed by atoms with Gasteiger partial charge in [-0.05, 0) is 6.92 Å². The molecule has 7 nitrogen and oxygen atoms in total. The Balaban J connectivity index is 2.71. The molecular formula is C13H24N4O3. The van der Waals surface area contributed by atoms with Gasteiger partial charge in [0.1, 0.15) is 18.2 Å². The zero-order chi connectivity index (χ0) is 14.8. The van der Waals surface area contributed by atoms with Crippen LogP contribution >= 0.6 is 0 Å². The van der Waals surface area contributed by atoms with Crippen LogP contribution in [0.15, 0.2) is 6.07 Å². The van der Waals surface area contributed by atoms with Crippen molar-refractivity contribution in [3.05, 3.63) is 11.9 Å². The van der Waals surface area contributed by atoms with E-state index in [2.05, 4.69) is 20.6 Å². The van der Waals surface area contributed by atoms with E-state index in [0.717, 1.165) is 18.2 Å². The average Bonchev–Trinajstić information content (AvgIpc) is 2.44. The molecule has 20 heavy (non-hydrogen) atoms. The number of nitrogens with zero attached hydrogens (tertiary/aromatic N) is 2.